The van der Waals surface area contributed by atoms with Gasteiger partial charge in [0.1, 0.15) is 0 Å². The number of carboxylic acids is 1. The van der Waals surface area contributed by atoms with E-state index in [2.05, 4.69) is 5.32 Å². The van der Waals surface area contributed by atoms with Crippen molar-refractivity contribution >= 4 is 17.3 Å². The second-order valence-corrected chi connectivity index (χ2v) is 6.14. The zero-order valence-corrected chi connectivity index (χ0v) is 12.5. The van der Waals surface area contributed by atoms with Gasteiger partial charge in [0.2, 0.25) is 0 Å². The maximum atomic E-state index is 10.7. The Kier molecular flexibility index (Phi) is 5.92. The Hall–Kier alpha value is -1.69. The lowest BCUT2D eigenvalue weighted by Crippen LogP contribution is -2.33. The zero-order chi connectivity index (χ0) is 15.1. The first-order valence-corrected chi connectivity index (χ1v) is 7.66. The quantitative estimate of drug-likeness (QED) is 0.698. The third kappa shape index (κ3) is 5.30. The highest BCUT2D eigenvalue weighted by atomic mass is 32.1. The molecule has 0 bridgehead atoms. The van der Waals surface area contributed by atoms with E-state index in [0.29, 0.717) is 6.54 Å². The number of nitrogens with one attached hydrogen (secondary N) is 1. The van der Waals surface area contributed by atoms with Crippen molar-refractivity contribution in [2.45, 2.75) is 25.4 Å². The van der Waals surface area contributed by atoms with Crippen molar-refractivity contribution < 1.29 is 15.0 Å². The smallest absolute Gasteiger partial charge is 0.308 e. The Balaban J connectivity index is 1.85. The minimum Gasteiger partial charge on any atom is -0.481 e. The predicted octanol–water partition coefficient (Wildman–Crippen LogP) is 2.07. The molecule has 112 valence electrons. The van der Waals surface area contributed by atoms with E-state index in [1.165, 1.54) is 16.9 Å². The number of benzene rings is 1. The van der Waals surface area contributed by atoms with Crippen LogP contribution in [0, 0.1) is 0 Å². The van der Waals surface area contributed by atoms with E-state index in [1.54, 1.807) is 0 Å². The molecule has 1 aromatic heterocycles. The average molecular weight is 305 g/mol. The number of hydrogen-bond acceptors (Lipinski definition) is 4. The van der Waals surface area contributed by atoms with Gasteiger partial charge < -0.3 is 15.5 Å². The van der Waals surface area contributed by atoms with Crippen LogP contribution in [0.1, 0.15) is 15.3 Å². The van der Waals surface area contributed by atoms with Crippen molar-refractivity contribution in [3.63, 3.8) is 0 Å². The number of carbonyl (C=O) groups is 1. The highest BCUT2D eigenvalue weighted by Gasteiger charge is 2.09. The summed E-state index contributed by atoms with van der Waals surface area (Å²) in [4.78, 5) is 12.6. The lowest BCUT2D eigenvalue weighted by Gasteiger charge is -2.15. The third-order valence-corrected chi connectivity index (χ3v) is 4.24. The summed E-state index contributed by atoms with van der Waals surface area (Å²) < 4.78 is 0. The van der Waals surface area contributed by atoms with Crippen LogP contribution in [0.5, 0.6) is 0 Å². The number of hydrogen-bond donors (Lipinski definition) is 3. The molecule has 3 N–H and O–H groups in total. The Morgan fingerprint density at radius 2 is 1.86 bits per heavy atom. The van der Waals surface area contributed by atoms with Crippen molar-refractivity contribution in [2.75, 3.05) is 6.61 Å². The van der Waals surface area contributed by atoms with Crippen LogP contribution in [0.15, 0.2) is 42.5 Å². The number of carboxylic acid groups (broad SMARTS) is 1. The molecule has 0 radical (unpaired) electrons. The normalized spacial score (nSPS) is 12.2. The van der Waals surface area contributed by atoms with Crippen LogP contribution in [0.25, 0.3) is 0 Å². The van der Waals surface area contributed by atoms with Gasteiger partial charge in [0.05, 0.1) is 13.0 Å². The fourth-order valence-electron chi connectivity index (χ4n) is 2.11. The Bertz CT molecular complexity index is 568. The van der Waals surface area contributed by atoms with Crippen LogP contribution < -0.4 is 5.32 Å². The van der Waals surface area contributed by atoms with Crippen LogP contribution in [-0.2, 0) is 24.2 Å². The Morgan fingerprint density at radius 3 is 2.52 bits per heavy atom. The summed E-state index contributed by atoms with van der Waals surface area (Å²) >= 11 is 1.50. The van der Waals surface area contributed by atoms with Crippen molar-refractivity contribution in [2.24, 2.45) is 0 Å². The standard InChI is InChI=1S/C16H19NO3S/c18-11-13(8-12-4-2-1-3-5-12)17-10-15-7-6-14(21-15)9-16(19)20/h1-7,13,17-18H,8-11H2,(H,19,20)/t13-/m1/s1. The van der Waals surface area contributed by atoms with Gasteiger partial charge in [0.25, 0.3) is 0 Å². The molecule has 0 amide bonds. The summed E-state index contributed by atoms with van der Waals surface area (Å²) in [5, 5.41) is 21.5. The maximum absolute atomic E-state index is 10.7. The van der Waals surface area contributed by atoms with Gasteiger partial charge in [0.15, 0.2) is 0 Å². The minimum atomic E-state index is -0.811. The molecule has 0 fully saturated rings. The van der Waals surface area contributed by atoms with E-state index in [9.17, 15) is 9.90 Å². The van der Waals surface area contributed by atoms with Gasteiger partial charge in [-0.3, -0.25) is 4.79 Å². The van der Waals surface area contributed by atoms with E-state index in [1.807, 2.05) is 42.5 Å². The fraction of sp³-hybridized carbons (Fsp3) is 0.312. The molecule has 0 saturated carbocycles. The van der Waals surface area contributed by atoms with E-state index >= 15 is 0 Å². The fourth-order valence-corrected chi connectivity index (χ4v) is 3.07. The molecule has 0 aliphatic rings. The van der Waals surface area contributed by atoms with Crippen molar-refractivity contribution in [1.29, 1.82) is 0 Å². The molecule has 0 aliphatic heterocycles. The van der Waals surface area contributed by atoms with Crippen molar-refractivity contribution in [3.8, 4) is 0 Å². The van der Waals surface area contributed by atoms with Crippen LogP contribution >= 0.6 is 11.3 Å². The molecule has 5 heteroatoms. The number of aliphatic hydroxyl groups is 1. The average Bonchev–Trinajstić information content (AvgIpc) is 2.91. The number of aliphatic hydroxyl groups excluding tert-OH is 1. The van der Waals surface area contributed by atoms with Crippen LogP contribution in [0.3, 0.4) is 0 Å². The Morgan fingerprint density at radius 1 is 1.14 bits per heavy atom. The molecule has 1 atom stereocenters. The first kappa shape index (κ1) is 15.7. The summed E-state index contributed by atoms with van der Waals surface area (Å²) in [7, 11) is 0. The summed E-state index contributed by atoms with van der Waals surface area (Å²) in [5.41, 5.74) is 1.18. The van der Waals surface area contributed by atoms with Crippen molar-refractivity contribution in [1.82, 2.24) is 5.32 Å². The molecule has 21 heavy (non-hydrogen) atoms. The first-order chi connectivity index (χ1) is 10.2. The third-order valence-electron chi connectivity index (χ3n) is 3.15. The monoisotopic (exact) mass is 305 g/mol. The molecule has 1 aromatic carbocycles. The van der Waals surface area contributed by atoms with E-state index in [0.717, 1.165) is 16.2 Å². The van der Waals surface area contributed by atoms with Gasteiger partial charge >= 0.3 is 5.97 Å². The summed E-state index contributed by atoms with van der Waals surface area (Å²) in [6.45, 7) is 0.713. The summed E-state index contributed by atoms with van der Waals surface area (Å²) in [6, 6.07) is 13.8. The van der Waals surface area contributed by atoms with Crippen LogP contribution in [0.4, 0.5) is 0 Å². The molecule has 0 aliphatic carbocycles. The lowest BCUT2D eigenvalue weighted by molar-refractivity contribution is -0.136. The van der Waals surface area contributed by atoms with Gasteiger partial charge in [-0.2, -0.15) is 0 Å². The topological polar surface area (TPSA) is 69.6 Å². The Labute approximate surface area is 128 Å². The van der Waals surface area contributed by atoms with Crippen molar-refractivity contribution in [3.05, 3.63) is 57.8 Å². The number of thiophene rings is 1. The second-order valence-electron chi connectivity index (χ2n) is 4.89. The zero-order valence-electron chi connectivity index (χ0n) is 11.7. The SMILES string of the molecule is O=C(O)Cc1ccc(CN[C@@H](CO)Cc2ccccc2)s1. The molecular weight excluding hydrogens is 286 g/mol. The highest BCUT2D eigenvalue weighted by molar-refractivity contribution is 7.12. The van der Waals surface area contributed by atoms with Crippen LogP contribution in [0.2, 0.25) is 0 Å². The van der Waals surface area contributed by atoms with Gasteiger partial charge in [-0.25, -0.2) is 0 Å². The molecule has 2 aromatic rings. The van der Waals surface area contributed by atoms with Gasteiger partial charge in [0, 0.05) is 22.3 Å². The minimum absolute atomic E-state index is 0.00239. The molecule has 1 heterocycles. The first-order valence-electron chi connectivity index (χ1n) is 6.85. The molecule has 0 spiro atoms. The van der Waals surface area contributed by atoms with Gasteiger partial charge in [-0.1, -0.05) is 30.3 Å². The number of aliphatic carboxylic acids is 1. The number of rotatable bonds is 8. The molecular formula is C16H19NO3S. The molecule has 2 rings (SSSR count). The van der Waals surface area contributed by atoms with Gasteiger partial charge in [-0.15, -0.1) is 11.3 Å². The maximum Gasteiger partial charge on any atom is 0.308 e. The molecule has 0 unspecified atom stereocenters. The highest BCUT2D eigenvalue weighted by Crippen LogP contribution is 2.17. The van der Waals surface area contributed by atoms with E-state index in [4.69, 9.17) is 5.11 Å². The van der Waals surface area contributed by atoms with Crippen LogP contribution in [-0.4, -0.2) is 28.8 Å². The largest absolute Gasteiger partial charge is 0.481 e. The van der Waals surface area contributed by atoms with Gasteiger partial charge in [-0.05, 0) is 24.1 Å². The summed E-state index contributed by atoms with van der Waals surface area (Å²) in [5.74, 6) is -0.811. The van der Waals surface area contributed by atoms with E-state index in [-0.39, 0.29) is 19.1 Å². The molecule has 4 nitrogen and oxygen atoms in total. The summed E-state index contributed by atoms with van der Waals surface area (Å²) in [6.07, 6.45) is 0.836. The van der Waals surface area contributed by atoms with E-state index < -0.39 is 5.97 Å². The lowest BCUT2D eigenvalue weighted by atomic mass is 10.1. The molecule has 0 saturated heterocycles. The predicted molar refractivity (Wildman–Crippen MR) is 83.5 cm³/mol. The second kappa shape index (κ2) is 7.93.